The maximum atomic E-state index is 7.19. The molecule has 0 saturated heterocycles. The summed E-state index contributed by atoms with van der Waals surface area (Å²) < 4.78 is 20.9. The van der Waals surface area contributed by atoms with Crippen LogP contribution in [0.5, 0.6) is 0 Å². The van der Waals surface area contributed by atoms with E-state index < -0.39 is 21.7 Å². The predicted octanol–water partition coefficient (Wildman–Crippen LogP) is 27.0. The van der Waals surface area contributed by atoms with Crippen LogP contribution in [0.1, 0.15) is 133 Å². The second-order valence-corrected chi connectivity index (χ2v) is 33.2. The van der Waals surface area contributed by atoms with E-state index in [1.54, 1.807) is 0 Å². The van der Waals surface area contributed by atoms with Gasteiger partial charge in [0.2, 0.25) is 0 Å². The van der Waals surface area contributed by atoms with E-state index in [0.717, 1.165) is 103 Å². The van der Waals surface area contributed by atoms with Crippen molar-refractivity contribution in [3.8, 4) is 55.8 Å². The zero-order valence-corrected chi connectivity index (χ0v) is 62.9. The van der Waals surface area contributed by atoms with E-state index in [-0.39, 0.29) is 11.5 Å². The van der Waals surface area contributed by atoms with Crippen LogP contribution in [0.4, 0.5) is 17.1 Å². The highest BCUT2D eigenvalue weighted by Crippen LogP contribution is 2.68. The summed E-state index contributed by atoms with van der Waals surface area (Å²) in [6.07, 6.45) is 27.3. The molecular formula is C106H78N2O3. The summed E-state index contributed by atoms with van der Waals surface area (Å²) in [7, 11) is 0. The molecule has 5 nitrogen and oxygen atoms in total. The minimum atomic E-state index is -0.750. The molecular weight excluding hydrogens is 1350 g/mol. The van der Waals surface area contributed by atoms with Gasteiger partial charge in [-0.05, 0) is 208 Å². The molecule has 2 atom stereocenters. The van der Waals surface area contributed by atoms with Crippen LogP contribution < -0.4 is 4.90 Å². The summed E-state index contributed by atoms with van der Waals surface area (Å²) in [5.41, 5.74) is 37.0. The standard InChI is InChI=1S/C106H78N2O3/c1-102(2)83-56-69(51-53-74(83)92-87(102)59-77(63-31-12-7-13-32-63)100-93(92)75-43-24-28-48-90(75)110-100)108(71-58-88-99(107-62-71)96-94-76-44-25-29-49-91(76)111-101(94)95-73-42-23-26-45-81(73)103(3,4)97(95)98(96)104(88,5)6)70-50-52-72-79-60-86-80(61-85(79)106(84(72)57-70,67-38-18-10-19-39-67)68-40-20-11-21-41-68)78-55-64-33-22-27-47-89(64)109-54-30-46-82(78)105(86,65-34-14-8-15-35-65)66-36-16-9-17-37-66/h7-20,22-40,42-46,48-62,89H,21,41,47H2,1-6H3/b54-30+,78-55+,82-46+. The third-order valence-corrected chi connectivity index (χ3v) is 26.7. The second kappa shape index (κ2) is 23.1. The quantitative estimate of drug-likeness (QED) is 0.152. The summed E-state index contributed by atoms with van der Waals surface area (Å²) in [5.74, 6) is 0. The Morgan fingerprint density at radius 2 is 0.964 bits per heavy atom. The number of pyridine rings is 1. The van der Waals surface area contributed by atoms with Crippen molar-refractivity contribution >= 4 is 66.5 Å². The first kappa shape index (κ1) is 64.2. The van der Waals surface area contributed by atoms with Crippen LogP contribution in [0.15, 0.2) is 347 Å². The number of fused-ring (bicyclic) bond motifs is 26. The largest absolute Gasteiger partial charge is 0.493 e. The number of hydrogen-bond acceptors (Lipinski definition) is 5. The normalized spacial score (nSPS) is 20.1. The zero-order valence-electron chi connectivity index (χ0n) is 62.9. The molecule has 0 bridgehead atoms. The van der Waals surface area contributed by atoms with Crippen LogP contribution >= 0.6 is 0 Å². The highest BCUT2D eigenvalue weighted by atomic mass is 16.5. The first-order valence-corrected chi connectivity index (χ1v) is 39.4. The number of furan rings is 2. The molecule has 0 fully saturated rings. The molecule has 0 spiro atoms. The van der Waals surface area contributed by atoms with Crippen molar-refractivity contribution in [2.45, 2.75) is 94.0 Å². The topological polar surface area (TPSA) is 51.6 Å². The van der Waals surface area contributed by atoms with Gasteiger partial charge in [0.15, 0.2) is 0 Å². The molecule has 23 rings (SSSR count). The van der Waals surface area contributed by atoms with E-state index in [1.807, 2.05) is 6.26 Å². The third kappa shape index (κ3) is 8.53. The van der Waals surface area contributed by atoms with Crippen LogP contribution in [0, 0.1) is 0 Å². The third-order valence-electron chi connectivity index (χ3n) is 26.7. The number of nitrogens with zero attached hydrogens (tertiary/aromatic N) is 2. The van der Waals surface area contributed by atoms with Gasteiger partial charge in [0.05, 0.1) is 34.7 Å². The van der Waals surface area contributed by atoms with Crippen LogP contribution in [0.2, 0.25) is 0 Å². The highest BCUT2D eigenvalue weighted by molar-refractivity contribution is 6.21. The summed E-state index contributed by atoms with van der Waals surface area (Å²) >= 11 is 0. The number of allylic oxidation sites excluding steroid dienone is 10. The maximum absolute atomic E-state index is 7.19. The van der Waals surface area contributed by atoms with Gasteiger partial charge in [0.25, 0.3) is 0 Å². The van der Waals surface area contributed by atoms with Gasteiger partial charge < -0.3 is 18.5 Å². The summed E-state index contributed by atoms with van der Waals surface area (Å²) in [6, 6.07) is 96.1. The first-order valence-electron chi connectivity index (χ1n) is 39.4. The smallest absolute Gasteiger partial charge is 0.144 e. The average Bonchev–Trinajstić information content (AvgIpc) is 1.51. The molecule has 2 unspecified atom stereocenters. The summed E-state index contributed by atoms with van der Waals surface area (Å²) in [5, 5.41) is 4.52. The van der Waals surface area contributed by atoms with E-state index in [9.17, 15) is 0 Å². The Bertz CT molecular complexity index is 6800. The SMILES string of the molecule is CC1(C)c2cc(N(c3cnc4c(c3)C(C)(C)c3c5c(c6oc7ccccc7c6c3-4)-c3ccccc3C5(C)C)c3ccc4c(c3)C(C3=CC=CCC3)(c3ccccc3)c3cc5c(cc3-4)C(c3ccccc3)(c3ccccc3)C3=C/C=C/OC4CC=CC=C4\C=C\35)ccc2-c2c1cc(-c1ccccc1)c1oc3ccccc3c21. The molecule has 530 valence electrons. The van der Waals surface area contributed by atoms with Crippen molar-refractivity contribution < 1.29 is 13.6 Å². The van der Waals surface area contributed by atoms with Gasteiger partial charge in [-0.25, -0.2) is 0 Å². The van der Waals surface area contributed by atoms with Crippen molar-refractivity contribution in [1.29, 1.82) is 0 Å². The number of ether oxygens (including phenoxy) is 1. The molecule has 1 aliphatic heterocycles. The molecule has 4 heterocycles. The van der Waals surface area contributed by atoms with Crippen LogP contribution in [0.25, 0.3) is 105 Å². The fraction of sp³-hybridized carbons (Fsp3) is 0.142. The Morgan fingerprint density at radius 3 is 1.68 bits per heavy atom. The van der Waals surface area contributed by atoms with Gasteiger partial charge in [-0.2, -0.15) is 0 Å². The van der Waals surface area contributed by atoms with E-state index in [1.165, 1.54) is 128 Å². The van der Waals surface area contributed by atoms with Gasteiger partial charge in [0, 0.05) is 72.3 Å². The Balaban J connectivity index is 0.800. The molecule has 0 radical (unpaired) electrons. The average molecular weight is 1430 g/mol. The van der Waals surface area contributed by atoms with Crippen LogP contribution in [-0.4, -0.2) is 11.1 Å². The molecule has 15 aromatic rings. The lowest BCUT2D eigenvalue weighted by Crippen LogP contribution is -2.31. The van der Waals surface area contributed by atoms with Gasteiger partial charge in [-0.15, -0.1) is 0 Å². The van der Waals surface area contributed by atoms with Crippen molar-refractivity contribution in [3.63, 3.8) is 0 Å². The van der Waals surface area contributed by atoms with Gasteiger partial charge in [-0.3, -0.25) is 4.98 Å². The lowest BCUT2D eigenvalue weighted by Gasteiger charge is -2.38. The highest BCUT2D eigenvalue weighted by Gasteiger charge is 2.55. The van der Waals surface area contributed by atoms with Crippen molar-refractivity contribution in [1.82, 2.24) is 4.98 Å². The fourth-order valence-electron chi connectivity index (χ4n) is 21.8. The Morgan fingerprint density at radius 1 is 0.405 bits per heavy atom. The van der Waals surface area contributed by atoms with Gasteiger partial charge in [0.1, 0.15) is 28.4 Å². The number of hydrogen-bond donors (Lipinski definition) is 0. The minimum Gasteiger partial charge on any atom is -0.493 e. The first-order chi connectivity index (χ1) is 54.3. The monoisotopic (exact) mass is 1430 g/mol. The lowest BCUT2D eigenvalue weighted by atomic mass is 9.64. The second-order valence-electron chi connectivity index (χ2n) is 33.2. The molecule has 0 N–H and O–H groups in total. The van der Waals surface area contributed by atoms with Crippen LogP contribution in [-0.2, 0) is 31.8 Å². The van der Waals surface area contributed by atoms with E-state index >= 15 is 0 Å². The van der Waals surface area contributed by atoms with Crippen molar-refractivity contribution in [2.75, 3.05) is 4.90 Å². The molecule has 7 aliphatic carbocycles. The predicted molar refractivity (Wildman–Crippen MR) is 455 cm³/mol. The summed E-state index contributed by atoms with van der Waals surface area (Å²) in [6.45, 7) is 14.6. The summed E-state index contributed by atoms with van der Waals surface area (Å²) in [4.78, 5) is 8.50. The number of aromatic nitrogens is 1. The number of anilines is 3. The fourth-order valence-corrected chi connectivity index (χ4v) is 21.8. The molecule has 0 amide bonds. The molecule has 0 saturated carbocycles. The maximum Gasteiger partial charge on any atom is 0.144 e. The number of rotatable bonds is 8. The Hall–Kier alpha value is -12.8. The Labute approximate surface area is 646 Å². The van der Waals surface area contributed by atoms with Crippen molar-refractivity contribution in [3.05, 3.63) is 411 Å². The van der Waals surface area contributed by atoms with Crippen molar-refractivity contribution in [2.24, 2.45) is 0 Å². The number of para-hydroxylation sites is 2. The van der Waals surface area contributed by atoms with Gasteiger partial charge in [-0.1, -0.05) is 284 Å². The van der Waals surface area contributed by atoms with Crippen LogP contribution in [0.3, 0.4) is 0 Å². The van der Waals surface area contributed by atoms with E-state index in [0.29, 0.717) is 0 Å². The molecule has 111 heavy (non-hydrogen) atoms. The Kier molecular flexibility index (Phi) is 13.4. The molecule has 12 aromatic carbocycles. The molecule has 8 aliphatic rings. The lowest BCUT2D eigenvalue weighted by molar-refractivity contribution is 0.181. The zero-order chi connectivity index (χ0) is 74.0. The minimum absolute atomic E-state index is 0.130. The number of benzene rings is 12. The molecule has 5 heteroatoms. The van der Waals surface area contributed by atoms with E-state index in [2.05, 4.69) is 362 Å². The van der Waals surface area contributed by atoms with Gasteiger partial charge >= 0.3 is 0 Å². The molecule has 3 aromatic heterocycles. The van der Waals surface area contributed by atoms with E-state index in [4.69, 9.17) is 18.6 Å².